The van der Waals surface area contributed by atoms with Gasteiger partial charge in [-0.15, -0.1) is 0 Å². The van der Waals surface area contributed by atoms with Crippen molar-refractivity contribution in [2.24, 2.45) is 4.99 Å². The second-order valence-electron chi connectivity index (χ2n) is 6.50. The van der Waals surface area contributed by atoms with Gasteiger partial charge in [-0.05, 0) is 23.6 Å². The third-order valence-electron chi connectivity index (χ3n) is 4.83. The van der Waals surface area contributed by atoms with Gasteiger partial charge in [0.2, 0.25) is 0 Å². The van der Waals surface area contributed by atoms with Crippen molar-refractivity contribution < 1.29 is 9.84 Å². The van der Waals surface area contributed by atoms with Gasteiger partial charge in [0.15, 0.2) is 5.96 Å². The van der Waals surface area contributed by atoms with Gasteiger partial charge < -0.3 is 20.5 Å². The highest BCUT2D eigenvalue weighted by atomic mass is 16.5. The second-order valence-corrected chi connectivity index (χ2v) is 6.50. The van der Waals surface area contributed by atoms with Gasteiger partial charge in [-0.2, -0.15) is 0 Å². The van der Waals surface area contributed by atoms with Gasteiger partial charge in [0.1, 0.15) is 5.75 Å². The quantitative estimate of drug-likeness (QED) is 0.551. The van der Waals surface area contributed by atoms with Crippen molar-refractivity contribution in [3.63, 3.8) is 0 Å². The Kier molecular flexibility index (Phi) is 6.50. The van der Waals surface area contributed by atoms with Crippen LogP contribution in [0.3, 0.4) is 0 Å². The number of rotatable bonds is 6. The summed E-state index contributed by atoms with van der Waals surface area (Å²) in [7, 11) is 1.77. The topological polar surface area (TPSA) is 65.9 Å². The van der Waals surface area contributed by atoms with E-state index in [1.165, 1.54) is 5.56 Å². The molecule has 0 spiro atoms. The second kappa shape index (κ2) is 9.25. The molecule has 0 aliphatic carbocycles. The van der Waals surface area contributed by atoms with Crippen LogP contribution in [0.4, 0.5) is 0 Å². The SMILES string of the molecule is CN=C(NCC(CO)c1ccccc1)NCC1CCOc2ccccc21. The van der Waals surface area contributed by atoms with E-state index in [2.05, 4.69) is 27.8 Å². The summed E-state index contributed by atoms with van der Waals surface area (Å²) in [6.07, 6.45) is 0.990. The molecule has 2 atom stereocenters. The van der Waals surface area contributed by atoms with Gasteiger partial charge in [0, 0.05) is 32.0 Å². The molecule has 0 fully saturated rings. The summed E-state index contributed by atoms with van der Waals surface area (Å²) in [6.45, 7) is 2.27. The first kappa shape index (κ1) is 18.3. The molecular formula is C21H27N3O2. The van der Waals surface area contributed by atoms with Crippen molar-refractivity contribution in [1.29, 1.82) is 0 Å². The normalized spacial score (nSPS) is 17.8. The van der Waals surface area contributed by atoms with E-state index in [-0.39, 0.29) is 12.5 Å². The fourth-order valence-electron chi connectivity index (χ4n) is 3.30. The Labute approximate surface area is 155 Å². The molecular weight excluding hydrogens is 326 g/mol. The van der Waals surface area contributed by atoms with Gasteiger partial charge in [-0.3, -0.25) is 4.99 Å². The molecule has 0 saturated carbocycles. The Morgan fingerprint density at radius 3 is 2.69 bits per heavy atom. The summed E-state index contributed by atoms with van der Waals surface area (Å²) in [5, 5.41) is 16.4. The van der Waals surface area contributed by atoms with E-state index in [0.717, 1.165) is 36.8 Å². The summed E-state index contributed by atoms with van der Waals surface area (Å²) in [5.74, 6) is 2.18. The molecule has 0 radical (unpaired) electrons. The Morgan fingerprint density at radius 1 is 1.15 bits per heavy atom. The number of hydrogen-bond acceptors (Lipinski definition) is 3. The first-order valence-electron chi connectivity index (χ1n) is 9.14. The highest BCUT2D eigenvalue weighted by Crippen LogP contribution is 2.32. The van der Waals surface area contributed by atoms with Crippen molar-refractivity contribution in [3.8, 4) is 5.75 Å². The van der Waals surface area contributed by atoms with E-state index in [4.69, 9.17) is 4.74 Å². The number of aliphatic hydroxyl groups is 1. The number of nitrogens with zero attached hydrogens (tertiary/aromatic N) is 1. The van der Waals surface area contributed by atoms with Crippen LogP contribution in [-0.4, -0.2) is 44.4 Å². The van der Waals surface area contributed by atoms with Gasteiger partial charge in [-0.1, -0.05) is 48.5 Å². The number of fused-ring (bicyclic) bond motifs is 1. The van der Waals surface area contributed by atoms with Crippen molar-refractivity contribution in [1.82, 2.24) is 10.6 Å². The molecule has 2 aromatic carbocycles. The number of guanidine groups is 1. The third-order valence-corrected chi connectivity index (χ3v) is 4.83. The standard InChI is InChI=1S/C21H27N3O2/c1-22-21(24-14-18(15-25)16-7-3-2-4-8-16)23-13-17-11-12-26-20-10-6-5-9-19(17)20/h2-10,17-18,25H,11-15H2,1H3,(H2,22,23,24). The molecule has 0 bridgehead atoms. The molecule has 5 heteroatoms. The van der Waals surface area contributed by atoms with E-state index in [9.17, 15) is 5.11 Å². The van der Waals surface area contributed by atoms with Crippen molar-refractivity contribution in [2.75, 3.05) is 33.4 Å². The maximum absolute atomic E-state index is 9.69. The molecule has 2 aromatic rings. The maximum Gasteiger partial charge on any atom is 0.191 e. The minimum absolute atomic E-state index is 0.0403. The van der Waals surface area contributed by atoms with Crippen LogP contribution in [0.2, 0.25) is 0 Å². The predicted molar refractivity (Wildman–Crippen MR) is 105 cm³/mol. The molecule has 0 aromatic heterocycles. The van der Waals surface area contributed by atoms with Crippen molar-refractivity contribution >= 4 is 5.96 Å². The molecule has 26 heavy (non-hydrogen) atoms. The minimum Gasteiger partial charge on any atom is -0.493 e. The fourth-order valence-corrected chi connectivity index (χ4v) is 3.30. The zero-order valence-corrected chi connectivity index (χ0v) is 15.2. The summed E-state index contributed by atoms with van der Waals surface area (Å²) >= 11 is 0. The Bertz CT molecular complexity index is 718. The predicted octanol–water partition coefficient (Wildman–Crippen LogP) is 2.49. The minimum atomic E-state index is 0.0403. The van der Waals surface area contributed by atoms with Crippen LogP contribution in [0.25, 0.3) is 0 Å². The average molecular weight is 353 g/mol. The number of aliphatic imine (C=N–C) groups is 1. The Morgan fingerprint density at radius 2 is 1.92 bits per heavy atom. The first-order chi connectivity index (χ1) is 12.8. The average Bonchev–Trinajstić information content (AvgIpc) is 2.71. The number of hydrogen-bond donors (Lipinski definition) is 3. The lowest BCUT2D eigenvalue weighted by Gasteiger charge is -2.27. The Hall–Kier alpha value is -2.53. The summed E-state index contributed by atoms with van der Waals surface area (Å²) in [4.78, 5) is 4.31. The number of ether oxygens (including phenoxy) is 1. The van der Waals surface area contributed by atoms with Crippen LogP contribution >= 0.6 is 0 Å². The van der Waals surface area contributed by atoms with E-state index in [1.54, 1.807) is 7.05 Å². The van der Waals surface area contributed by atoms with E-state index < -0.39 is 0 Å². The lowest BCUT2D eigenvalue weighted by atomic mass is 9.93. The molecule has 5 nitrogen and oxygen atoms in total. The van der Waals surface area contributed by atoms with Crippen LogP contribution < -0.4 is 15.4 Å². The largest absolute Gasteiger partial charge is 0.493 e. The smallest absolute Gasteiger partial charge is 0.191 e. The van der Waals surface area contributed by atoms with Crippen LogP contribution in [0.15, 0.2) is 59.6 Å². The highest BCUT2D eigenvalue weighted by molar-refractivity contribution is 5.79. The van der Waals surface area contributed by atoms with Gasteiger partial charge in [-0.25, -0.2) is 0 Å². The van der Waals surface area contributed by atoms with Crippen LogP contribution in [0.1, 0.15) is 29.4 Å². The summed E-state index contributed by atoms with van der Waals surface area (Å²) in [6, 6.07) is 18.3. The fraction of sp³-hybridized carbons (Fsp3) is 0.381. The molecule has 3 rings (SSSR count). The number of benzene rings is 2. The number of para-hydroxylation sites is 1. The lowest BCUT2D eigenvalue weighted by molar-refractivity contribution is 0.264. The van der Waals surface area contributed by atoms with E-state index >= 15 is 0 Å². The molecule has 1 aliphatic rings. The van der Waals surface area contributed by atoms with Gasteiger partial charge in [0.05, 0.1) is 13.2 Å². The summed E-state index contributed by atoms with van der Waals surface area (Å²) < 4.78 is 5.73. The molecule has 1 aliphatic heterocycles. The lowest BCUT2D eigenvalue weighted by Crippen LogP contribution is -2.42. The van der Waals surface area contributed by atoms with E-state index in [0.29, 0.717) is 12.5 Å². The number of nitrogens with one attached hydrogen (secondary N) is 2. The molecule has 2 unspecified atom stereocenters. The monoisotopic (exact) mass is 353 g/mol. The molecule has 0 saturated heterocycles. The first-order valence-corrected chi connectivity index (χ1v) is 9.14. The van der Waals surface area contributed by atoms with Crippen LogP contribution in [0, 0.1) is 0 Å². The summed E-state index contributed by atoms with van der Waals surface area (Å²) in [5.41, 5.74) is 2.37. The Balaban J connectivity index is 1.54. The van der Waals surface area contributed by atoms with Crippen molar-refractivity contribution in [3.05, 3.63) is 65.7 Å². The zero-order valence-electron chi connectivity index (χ0n) is 15.2. The van der Waals surface area contributed by atoms with E-state index in [1.807, 2.05) is 42.5 Å². The van der Waals surface area contributed by atoms with Crippen LogP contribution in [0.5, 0.6) is 5.75 Å². The highest BCUT2D eigenvalue weighted by Gasteiger charge is 2.21. The maximum atomic E-state index is 9.69. The molecule has 138 valence electrons. The van der Waals surface area contributed by atoms with Crippen molar-refractivity contribution in [2.45, 2.75) is 18.3 Å². The molecule has 1 heterocycles. The zero-order chi connectivity index (χ0) is 18.2. The van der Waals surface area contributed by atoms with Crippen LogP contribution in [-0.2, 0) is 0 Å². The van der Waals surface area contributed by atoms with Gasteiger partial charge in [0.25, 0.3) is 0 Å². The molecule has 0 amide bonds. The van der Waals surface area contributed by atoms with Gasteiger partial charge >= 0.3 is 0 Å². The number of aliphatic hydroxyl groups excluding tert-OH is 1. The third kappa shape index (κ3) is 4.55. The molecule has 3 N–H and O–H groups in total.